The molecule has 17 nitrogen and oxygen atoms in total. The van der Waals surface area contributed by atoms with Gasteiger partial charge in [-0.25, -0.2) is 5.43 Å². The second-order valence-corrected chi connectivity index (χ2v) is 23.7. The number of hydrazine groups is 1. The highest BCUT2D eigenvalue weighted by Crippen LogP contribution is 2.46. The fourth-order valence-electron chi connectivity index (χ4n) is 12.0. The molecule has 4 saturated heterocycles. The molecule has 78 heavy (non-hydrogen) atoms. The Morgan fingerprint density at radius 2 is 1.68 bits per heavy atom. The molecule has 7 N–H and O–H groups in total. The third-order valence-electron chi connectivity index (χ3n) is 17.7. The van der Waals surface area contributed by atoms with E-state index in [9.17, 15) is 39.3 Å². The van der Waals surface area contributed by atoms with Crippen LogP contribution in [0.3, 0.4) is 0 Å². The van der Waals surface area contributed by atoms with Gasteiger partial charge < -0.3 is 50.2 Å². The van der Waals surface area contributed by atoms with E-state index in [1.54, 1.807) is 32.3 Å². The number of piperidine rings is 1. The minimum Gasteiger partial charge on any atom is -0.456 e. The smallest absolute Gasteiger partial charge is 0.325 e. The Morgan fingerprint density at radius 1 is 0.949 bits per heavy atom. The molecule has 0 saturated carbocycles. The lowest BCUT2D eigenvalue weighted by atomic mass is 9.69. The highest BCUT2D eigenvalue weighted by molar-refractivity contribution is 5.93. The van der Waals surface area contributed by atoms with Crippen LogP contribution in [0.15, 0.2) is 78.4 Å². The van der Waals surface area contributed by atoms with E-state index in [2.05, 4.69) is 28.3 Å². The Balaban J connectivity index is 1.19. The average molecular weight is 1090 g/mol. The molecule has 2 unspecified atom stereocenters. The van der Waals surface area contributed by atoms with E-state index in [0.29, 0.717) is 51.4 Å². The molecule has 18 atom stereocenters. The molecular weight excluding hydrogens is 995 g/mol. The molecule has 2 bridgehead atoms. The summed E-state index contributed by atoms with van der Waals surface area (Å²) in [6.07, 6.45) is 13.5. The fraction of sp³-hybridized carbons (Fsp3) is 0.689. The first-order chi connectivity index (χ1) is 37.0. The van der Waals surface area contributed by atoms with Crippen molar-refractivity contribution in [3.05, 3.63) is 84.0 Å². The number of hydrogen-bond donors (Lipinski definition) is 7. The van der Waals surface area contributed by atoms with Crippen LogP contribution in [0.5, 0.6) is 0 Å². The largest absolute Gasteiger partial charge is 0.456 e. The summed E-state index contributed by atoms with van der Waals surface area (Å²) in [5.41, 5.74) is 3.69. The van der Waals surface area contributed by atoms with Gasteiger partial charge in [0.15, 0.2) is 5.79 Å². The van der Waals surface area contributed by atoms with Gasteiger partial charge in [0.2, 0.25) is 17.7 Å². The molecule has 1 aromatic rings. The number of esters is 1. The predicted molar refractivity (Wildman–Crippen MR) is 297 cm³/mol. The number of benzene rings is 1. The van der Waals surface area contributed by atoms with Crippen LogP contribution in [0.25, 0.3) is 0 Å². The van der Waals surface area contributed by atoms with Gasteiger partial charge >= 0.3 is 5.97 Å². The number of allylic oxidation sites excluding steroid dienone is 5. The van der Waals surface area contributed by atoms with Crippen LogP contribution in [-0.2, 0) is 49.3 Å². The number of nitrogens with one attached hydrogen (secondary N) is 4. The summed E-state index contributed by atoms with van der Waals surface area (Å²) in [7, 11) is 1.54. The van der Waals surface area contributed by atoms with Crippen molar-refractivity contribution < 1.29 is 58.2 Å². The molecule has 1 spiro atoms. The average Bonchev–Trinajstić information content (AvgIpc) is 3.42. The number of ether oxygens (including phenoxy) is 4. The maximum atomic E-state index is 14.6. The van der Waals surface area contributed by atoms with E-state index >= 15 is 0 Å². The number of nitrogens with zero attached hydrogens (tertiary/aromatic N) is 1. The number of amides is 4. The molecular formula is C61H93N5O12. The van der Waals surface area contributed by atoms with Gasteiger partial charge in [-0.15, -0.1) is 0 Å². The van der Waals surface area contributed by atoms with Gasteiger partial charge in [0, 0.05) is 68.9 Å². The molecule has 17 heteroatoms. The van der Waals surface area contributed by atoms with E-state index in [1.165, 1.54) is 5.01 Å². The maximum Gasteiger partial charge on any atom is 0.325 e. The van der Waals surface area contributed by atoms with Crippen molar-refractivity contribution in [2.75, 3.05) is 13.7 Å². The lowest BCUT2D eigenvalue weighted by molar-refractivity contribution is -0.280. The zero-order chi connectivity index (χ0) is 57.1. The summed E-state index contributed by atoms with van der Waals surface area (Å²) in [5.74, 6) is -5.43. The number of methoxy groups -OCH3 is 1. The van der Waals surface area contributed by atoms with Gasteiger partial charge in [-0.05, 0) is 81.8 Å². The highest BCUT2D eigenvalue weighted by Gasteiger charge is 2.57. The lowest BCUT2D eigenvalue weighted by Gasteiger charge is -2.56. The molecule has 6 rings (SSSR count). The van der Waals surface area contributed by atoms with Gasteiger partial charge in [0.1, 0.15) is 30.0 Å². The van der Waals surface area contributed by atoms with Gasteiger partial charge in [0.05, 0.1) is 36.4 Å². The Bertz CT molecular complexity index is 2310. The third-order valence-corrected chi connectivity index (χ3v) is 17.7. The summed E-state index contributed by atoms with van der Waals surface area (Å²) in [6, 6.07) is 6.39. The molecule has 4 amide bonds. The Hall–Kier alpha value is -4.75. The molecule has 4 fully saturated rings. The number of carbonyl (C=O) groups is 5. The quantitative estimate of drug-likeness (QED) is 0.0826. The van der Waals surface area contributed by atoms with Crippen LogP contribution in [-0.4, -0.2) is 130 Å². The minimum atomic E-state index is -1.06. The van der Waals surface area contributed by atoms with E-state index in [0.717, 1.165) is 17.6 Å². The normalized spacial score (nSPS) is 37.8. The molecule has 0 radical (unpaired) electrons. The zero-order valence-electron chi connectivity index (χ0n) is 48.2. The molecule has 0 aliphatic carbocycles. The van der Waals surface area contributed by atoms with Crippen LogP contribution >= 0.6 is 0 Å². The predicted octanol–water partition coefficient (Wildman–Crippen LogP) is 6.51. The van der Waals surface area contributed by atoms with Crippen molar-refractivity contribution >= 4 is 29.6 Å². The van der Waals surface area contributed by atoms with E-state index in [-0.39, 0.29) is 60.8 Å². The van der Waals surface area contributed by atoms with E-state index in [1.807, 2.05) is 110 Å². The Kier molecular flexibility index (Phi) is 22.5. The highest BCUT2D eigenvalue weighted by atomic mass is 16.7. The number of aliphatic hydroxyl groups excluding tert-OH is 3. The van der Waals surface area contributed by atoms with Crippen molar-refractivity contribution in [1.82, 2.24) is 26.4 Å². The van der Waals surface area contributed by atoms with Crippen molar-refractivity contribution in [2.24, 2.45) is 47.3 Å². The standard InChI is InChI=1S/C61H93N5O12/c1-12-44-33-39(6)61(64-55(44)70)42(9)53(69)41(8)51(77-61)35-49(68)37(4)23-16-13-17-24-38(5)50-29-21-15-20-28-48(67)40(7)54-45(30-31-60(10,75-11)78-54)56(71)63-52(36(2)3)57(72)62-47(34-43-25-18-14-19-26-43)58(73)66-32-22-27-46(65-66)59(74)76-50/h13-15,17-21,24-26,28,36-37,39-42,44-54,65,67-69H,12,16,22-23,27,29-35H2,1-11H3,(H,62,72)(H,63,71)(H,64,70)/b17-13+,21-15+,28-20+,38-24+/t37-,39-,40-,41-,42-,44-,45+,46?,47-,48-,49-,50-,51-,52-,53-,54+,60?,61+/m0/s1. The monoisotopic (exact) mass is 1090 g/mol. The van der Waals surface area contributed by atoms with Crippen LogP contribution in [0, 0.1) is 47.3 Å². The molecule has 5 aliphatic rings. The third kappa shape index (κ3) is 15.4. The number of carbonyl (C=O) groups excluding carboxylic acids is 5. The van der Waals surface area contributed by atoms with Crippen LogP contribution in [0.4, 0.5) is 0 Å². The number of fused-ring (bicyclic) bond motifs is 3. The molecule has 434 valence electrons. The summed E-state index contributed by atoms with van der Waals surface area (Å²) in [4.78, 5) is 70.5. The van der Waals surface area contributed by atoms with Gasteiger partial charge in [-0.2, -0.15) is 0 Å². The first-order valence-corrected chi connectivity index (χ1v) is 28.9. The molecule has 5 aliphatic heterocycles. The first-order valence-electron chi connectivity index (χ1n) is 28.9. The zero-order valence-corrected chi connectivity index (χ0v) is 48.2. The summed E-state index contributed by atoms with van der Waals surface area (Å²) >= 11 is 0. The molecule has 0 aromatic heterocycles. The van der Waals surface area contributed by atoms with Gasteiger partial charge in [-0.3, -0.25) is 29.0 Å². The second-order valence-electron chi connectivity index (χ2n) is 23.7. The fourth-order valence-corrected chi connectivity index (χ4v) is 12.0. The van der Waals surface area contributed by atoms with E-state index in [4.69, 9.17) is 18.9 Å². The lowest BCUT2D eigenvalue weighted by Crippen LogP contribution is -2.71. The first kappa shape index (κ1) is 62.4. The van der Waals surface area contributed by atoms with Crippen molar-refractivity contribution in [3.8, 4) is 0 Å². The summed E-state index contributed by atoms with van der Waals surface area (Å²) in [5, 5.41) is 45.0. The van der Waals surface area contributed by atoms with Crippen LogP contribution < -0.4 is 21.4 Å². The number of rotatable bonds is 13. The Morgan fingerprint density at radius 3 is 2.37 bits per heavy atom. The number of aliphatic hydroxyl groups is 3. The number of hydrogen-bond acceptors (Lipinski definition) is 13. The van der Waals surface area contributed by atoms with Gasteiger partial charge in [0.25, 0.3) is 5.91 Å². The molecule has 5 heterocycles. The maximum absolute atomic E-state index is 14.6. The SMILES string of the molecule is CC[C@H]1C[C@H](C)[C@@]2(NC1=O)O[C@@H](C[C@H](O)[C@@H](C)CC/C=C/C=C(\C)[C@@H]1C/C=C/C=C/[C@H](O)[C@H](C)[C@H]3OC(C)(OC)CC[C@H]3C(=O)N[C@@H](C(C)C)C(=O)N[C@@H](Cc3ccccc3)C(=O)N3CCCC(N3)C(=O)O1)[C@H](C)[C@H](O)[C@@H]2C. The number of cyclic esters (lactones) is 1. The van der Waals surface area contributed by atoms with E-state index < -0.39 is 102 Å². The minimum absolute atomic E-state index is 0.0105. The van der Waals surface area contributed by atoms with Crippen LogP contribution in [0.1, 0.15) is 139 Å². The summed E-state index contributed by atoms with van der Waals surface area (Å²) < 4.78 is 25.2. The van der Waals surface area contributed by atoms with Crippen molar-refractivity contribution in [2.45, 2.75) is 206 Å². The Labute approximate surface area is 463 Å². The second kappa shape index (κ2) is 28.1. The van der Waals surface area contributed by atoms with Gasteiger partial charge in [-0.1, -0.05) is 128 Å². The topological polar surface area (TPSA) is 234 Å². The van der Waals surface area contributed by atoms with Crippen molar-refractivity contribution in [1.29, 1.82) is 0 Å². The van der Waals surface area contributed by atoms with Crippen molar-refractivity contribution in [3.63, 3.8) is 0 Å². The summed E-state index contributed by atoms with van der Waals surface area (Å²) in [6.45, 7) is 19.4. The molecule has 1 aromatic carbocycles. The van der Waals surface area contributed by atoms with Crippen LogP contribution in [0.2, 0.25) is 0 Å².